The summed E-state index contributed by atoms with van der Waals surface area (Å²) >= 11 is 0. The molecule has 2 atom stereocenters. The molecule has 0 bridgehead atoms. The Kier molecular flexibility index (Phi) is 1.58. The lowest BCUT2D eigenvalue weighted by atomic mass is 9.94. The van der Waals surface area contributed by atoms with E-state index in [1.165, 1.54) is 12.8 Å². The average Bonchev–Trinajstić information content (AvgIpc) is 1.77. The van der Waals surface area contributed by atoms with E-state index in [0.717, 1.165) is 0 Å². The zero-order valence-electron chi connectivity index (χ0n) is 5.57. The third-order valence-corrected chi connectivity index (χ3v) is 1.61. The van der Waals surface area contributed by atoms with Crippen molar-refractivity contribution in [3.63, 3.8) is 0 Å². The van der Waals surface area contributed by atoms with Crippen molar-refractivity contribution in [2.45, 2.75) is 26.7 Å². The molecule has 0 heteroatoms. The summed E-state index contributed by atoms with van der Waals surface area (Å²) in [6, 6.07) is 0. The second-order valence-corrected chi connectivity index (χ2v) is 2.67. The van der Waals surface area contributed by atoms with Crippen molar-refractivity contribution in [2.24, 2.45) is 11.8 Å². The molecule has 0 saturated carbocycles. The highest BCUT2D eigenvalue weighted by Crippen LogP contribution is 2.15. The Labute approximate surface area is 51.3 Å². The van der Waals surface area contributed by atoms with Crippen LogP contribution < -0.4 is 0 Å². The lowest BCUT2D eigenvalue weighted by molar-refractivity contribution is 0.535. The Morgan fingerprint density at radius 1 is 1.00 bits per heavy atom. The van der Waals surface area contributed by atoms with Crippen LogP contribution in [0.1, 0.15) is 26.7 Å². The summed E-state index contributed by atoms with van der Waals surface area (Å²) in [7, 11) is 0. The highest BCUT2D eigenvalue weighted by atomic mass is 14.1. The fourth-order valence-electron chi connectivity index (χ4n) is 0.929. The summed E-state index contributed by atoms with van der Waals surface area (Å²) in [4.78, 5) is 0. The highest BCUT2D eigenvalue weighted by molar-refractivity contribution is 5.08. The molecule has 0 aliphatic heterocycles. The molecule has 0 fully saturated rings. The predicted octanol–water partition coefficient (Wildman–Crippen LogP) is 2.06. The first-order valence-electron chi connectivity index (χ1n) is 3.30. The van der Waals surface area contributed by atoms with Gasteiger partial charge in [0.2, 0.25) is 0 Å². The molecule has 0 heterocycles. The van der Waals surface area contributed by atoms with Crippen molar-refractivity contribution in [2.75, 3.05) is 0 Å². The molecule has 2 unspecified atom stereocenters. The normalized spacial score (nSPS) is 35.8. The Bertz CT molecular complexity index is 111. The lowest BCUT2D eigenvalue weighted by Crippen LogP contribution is -2.02. The third-order valence-electron chi connectivity index (χ3n) is 1.61. The van der Waals surface area contributed by atoms with Crippen LogP contribution in [0.3, 0.4) is 0 Å². The minimum Gasteiger partial charge on any atom is -0.0999 e. The van der Waals surface area contributed by atoms with E-state index in [2.05, 4.69) is 25.7 Å². The monoisotopic (exact) mass is 108 g/mol. The maximum atomic E-state index is 3.18. The molecule has 0 N–H and O–H groups in total. The first-order chi connectivity index (χ1) is 3.79. The van der Waals surface area contributed by atoms with Gasteiger partial charge in [0, 0.05) is 11.8 Å². The summed E-state index contributed by atoms with van der Waals surface area (Å²) in [5.41, 5.74) is 0. The molecule has 0 nitrogen and oxygen atoms in total. The molecular weight excluding hydrogens is 96.1 g/mol. The topological polar surface area (TPSA) is 0 Å². The molecule has 0 spiro atoms. The Morgan fingerprint density at radius 3 is 1.62 bits per heavy atom. The van der Waals surface area contributed by atoms with Crippen molar-refractivity contribution >= 4 is 0 Å². The van der Waals surface area contributed by atoms with Gasteiger partial charge < -0.3 is 0 Å². The van der Waals surface area contributed by atoms with Crippen LogP contribution in [0.25, 0.3) is 0 Å². The SMILES string of the molecule is CC1C#CC(C)CC1. The van der Waals surface area contributed by atoms with Crippen LogP contribution in [0.2, 0.25) is 0 Å². The van der Waals surface area contributed by atoms with Crippen LogP contribution in [-0.2, 0) is 0 Å². The smallest absolute Gasteiger partial charge is 0.0175 e. The Balaban J connectivity index is 2.52. The summed E-state index contributed by atoms with van der Waals surface area (Å²) in [5, 5.41) is 0. The fraction of sp³-hybridized carbons (Fsp3) is 0.750. The third kappa shape index (κ3) is 1.26. The maximum Gasteiger partial charge on any atom is 0.0175 e. The molecule has 0 radical (unpaired) electrons. The second kappa shape index (κ2) is 2.22. The molecule has 8 heavy (non-hydrogen) atoms. The van der Waals surface area contributed by atoms with Crippen molar-refractivity contribution in [3.05, 3.63) is 0 Å². The van der Waals surface area contributed by atoms with E-state index in [1.54, 1.807) is 0 Å². The molecule has 1 aliphatic carbocycles. The van der Waals surface area contributed by atoms with Crippen molar-refractivity contribution in [3.8, 4) is 11.8 Å². The van der Waals surface area contributed by atoms with E-state index in [1.807, 2.05) is 0 Å². The van der Waals surface area contributed by atoms with Crippen LogP contribution in [0.15, 0.2) is 0 Å². The lowest BCUT2D eigenvalue weighted by Gasteiger charge is -2.10. The molecule has 0 amide bonds. The van der Waals surface area contributed by atoms with Crippen LogP contribution in [0.5, 0.6) is 0 Å². The van der Waals surface area contributed by atoms with Gasteiger partial charge in [0.15, 0.2) is 0 Å². The standard InChI is InChI=1S/C8H12/c1-7-3-5-8(2)6-4-7/h7-8H,3,5H2,1-2H3. The first-order valence-corrected chi connectivity index (χ1v) is 3.30. The largest absolute Gasteiger partial charge is 0.0999 e. The number of hydrogen-bond acceptors (Lipinski definition) is 0. The van der Waals surface area contributed by atoms with Gasteiger partial charge in [0.25, 0.3) is 0 Å². The molecule has 0 saturated heterocycles. The van der Waals surface area contributed by atoms with Gasteiger partial charge in [-0.3, -0.25) is 0 Å². The zero-order chi connectivity index (χ0) is 5.98. The molecule has 0 aromatic carbocycles. The van der Waals surface area contributed by atoms with Crippen molar-refractivity contribution in [1.29, 1.82) is 0 Å². The minimum absolute atomic E-state index is 0.659. The summed E-state index contributed by atoms with van der Waals surface area (Å²) in [6.07, 6.45) is 2.60. The molecule has 0 aromatic heterocycles. The van der Waals surface area contributed by atoms with E-state index in [4.69, 9.17) is 0 Å². The van der Waals surface area contributed by atoms with E-state index in [9.17, 15) is 0 Å². The number of rotatable bonds is 0. The average molecular weight is 108 g/mol. The number of hydrogen-bond donors (Lipinski definition) is 0. The van der Waals surface area contributed by atoms with Gasteiger partial charge in [-0.25, -0.2) is 0 Å². The Morgan fingerprint density at radius 2 is 1.38 bits per heavy atom. The molecule has 1 aliphatic rings. The maximum absolute atomic E-state index is 3.18. The van der Waals surface area contributed by atoms with Crippen LogP contribution in [-0.4, -0.2) is 0 Å². The molecule has 0 aromatic rings. The Hall–Kier alpha value is -0.440. The van der Waals surface area contributed by atoms with E-state index in [0.29, 0.717) is 11.8 Å². The highest BCUT2D eigenvalue weighted by Gasteiger charge is 2.05. The van der Waals surface area contributed by atoms with Gasteiger partial charge in [-0.15, -0.1) is 0 Å². The van der Waals surface area contributed by atoms with Crippen molar-refractivity contribution in [1.82, 2.24) is 0 Å². The summed E-state index contributed by atoms with van der Waals surface area (Å²) in [5.74, 6) is 7.68. The fourth-order valence-corrected chi connectivity index (χ4v) is 0.929. The molecular formula is C8H12. The van der Waals surface area contributed by atoms with Gasteiger partial charge in [-0.2, -0.15) is 0 Å². The van der Waals surface area contributed by atoms with Crippen LogP contribution in [0, 0.1) is 23.7 Å². The van der Waals surface area contributed by atoms with E-state index in [-0.39, 0.29) is 0 Å². The minimum atomic E-state index is 0.659. The first kappa shape index (κ1) is 5.69. The van der Waals surface area contributed by atoms with Crippen LogP contribution in [0.4, 0.5) is 0 Å². The van der Waals surface area contributed by atoms with Gasteiger partial charge in [0.1, 0.15) is 0 Å². The molecule has 1 rings (SSSR count). The predicted molar refractivity (Wildman–Crippen MR) is 35.3 cm³/mol. The van der Waals surface area contributed by atoms with Gasteiger partial charge in [-0.05, 0) is 12.8 Å². The second-order valence-electron chi connectivity index (χ2n) is 2.67. The van der Waals surface area contributed by atoms with Crippen molar-refractivity contribution < 1.29 is 0 Å². The summed E-state index contributed by atoms with van der Waals surface area (Å²) < 4.78 is 0. The van der Waals surface area contributed by atoms with Gasteiger partial charge in [-0.1, -0.05) is 25.7 Å². The van der Waals surface area contributed by atoms with Gasteiger partial charge >= 0.3 is 0 Å². The molecule has 44 valence electrons. The zero-order valence-corrected chi connectivity index (χ0v) is 5.57. The quantitative estimate of drug-likeness (QED) is 0.417. The van der Waals surface area contributed by atoms with E-state index < -0.39 is 0 Å². The summed E-state index contributed by atoms with van der Waals surface area (Å²) in [6.45, 7) is 4.39. The van der Waals surface area contributed by atoms with Crippen LogP contribution >= 0.6 is 0 Å². The van der Waals surface area contributed by atoms with Gasteiger partial charge in [0.05, 0.1) is 0 Å². The van der Waals surface area contributed by atoms with E-state index >= 15 is 0 Å².